The molecule has 1 saturated heterocycles. The van der Waals surface area contributed by atoms with Crippen LogP contribution in [-0.4, -0.2) is 59.2 Å². The lowest BCUT2D eigenvalue weighted by atomic mass is 10.2. The number of nitrogens with one attached hydrogen (secondary N) is 1. The summed E-state index contributed by atoms with van der Waals surface area (Å²) in [6.07, 6.45) is 0.698. The van der Waals surface area contributed by atoms with Crippen molar-refractivity contribution in [1.82, 2.24) is 9.62 Å². The fourth-order valence-electron chi connectivity index (χ4n) is 3.38. The summed E-state index contributed by atoms with van der Waals surface area (Å²) < 4.78 is 46.3. The fraction of sp³-hybridized carbons (Fsp3) is 0.429. The molecule has 1 fully saturated rings. The van der Waals surface area contributed by atoms with Crippen molar-refractivity contribution >= 4 is 15.7 Å². The van der Waals surface area contributed by atoms with Crippen molar-refractivity contribution in [2.24, 2.45) is 0 Å². The van der Waals surface area contributed by atoms with Crippen LogP contribution in [0.4, 0.5) is 10.1 Å². The molecule has 0 spiro atoms. The van der Waals surface area contributed by atoms with E-state index in [-0.39, 0.29) is 10.6 Å². The minimum absolute atomic E-state index is 0.0566. The molecule has 0 aliphatic carbocycles. The third-order valence-corrected chi connectivity index (χ3v) is 6.41. The minimum atomic E-state index is -3.73. The quantitative estimate of drug-likeness (QED) is 0.631. The molecule has 8 heteroatoms. The average molecular weight is 422 g/mol. The second-order valence-electron chi connectivity index (χ2n) is 6.94. The van der Waals surface area contributed by atoms with Crippen LogP contribution in [0.3, 0.4) is 0 Å². The summed E-state index contributed by atoms with van der Waals surface area (Å²) in [7, 11) is -3.73. The van der Waals surface area contributed by atoms with E-state index in [0.717, 1.165) is 38.8 Å². The van der Waals surface area contributed by atoms with Gasteiger partial charge in [0.2, 0.25) is 10.0 Å². The van der Waals surface area contributed by atoms with Crippen molar-refractivity contribution in [2.75, 3.05) is 50.8 Å². The smallest absolute Gasteiger partial charge is 0.240 e. The summed E-state index contributed by atoms with van der Waals surface area (Å²) >= 11 is 0. The molecule has 3 rings (SSSR count). The van der Waals surface area contributed by atoms with Crippen molar-refractivity contribution in [2.45, 2.75) is 18.2 Å². The number of rotatable bonds is 9. The highest BCUT2D eigenvalue weighted by Gasteiger charge is 2.18. The summed E-state index contributed by atoms with van der Waals surface area (Å²) in [6, 6.07) is 14.0. The van der Waals surface area contributed by atoms with Crippen molar-refractivity contribution < 1.29 is 17.5 Å². The lowest BCUT2D eigenvalue weighted by molar-refractivity contribution is 0.255. The summed E-state index contributed by atoms with van der Waals surface area (Å²) in [6.45, 7) is 7.02. The Labute approximate surface area is 172 Å². The lowest BCUT2D eigenvalue weighted by Gasteiger charge is -2.36. The van der Waals surface area contributed by atoms with Crippen LogP contribution in [0.25, 0.3) is 0 Å². The van der Waals surface area contributed by atoms with Crippen LogP contribution in [0.5, 0.6) is 5.75 Å². The first-order valence-corrected chi connectivity index (χ1v) is 11.4. The normalized spacial score (nSPS) is 15.4. The molecule has 158 valence electrons. The van der Waals surface area contributed by atoms with E-state index >= 15 is 0 Å². The van der Waals surface area contributed by atoms with Gasteiger partial charge in [0.05, 0.1) is 11.5 Å². The Morgan fingerprint density at radius 3 is 2.45 bits per heavy atom. The highest BCUT2D eigenvalue weighted by atomic mass is 32.2. The van der Waals surface area contributed by atoms with E-state index in [0.29, 0.717) is 19.6 Å². The summed E-state index contributed by atoms with van der Waals surface area (Å²) in [5.74, 6) is -0.618. The van der Waals surface area contributed by atoms with Crippen molar-refractivity contribution in [3.05, 3.63) is 54.3 Å². The van der Waals surface area contributed by atoms with Gasteiger partial charge in [-0.1, -0.05) is 18.2 Å². The van der Waals surface area contributed by atoms with Gasteiger partial charge < -0.3 is 9.64 Å². The van der Waals surface area contributed by atoms with E-state index in [9.17, 15) is 12.8 Å². The number of benzene rings is 2. The van der Waals surface area contributed by atoms with Gasteiger partial charge in [-0.3, -0.25) is 4.90 Å². The number of anilines is 1. The Kier molecular flexibility index (Phi) is 7.46. The molecule has 1 aliphatic heterocycles. The van der Waals surface area contributed by atoms with Gasteiger partial charge in [0.15, 0.2) is 11.6 Å². The maximum absolute atomic E-state index is 13.9. The van der Waals surface area contributed by atoms with Crippen LogP contribution < -0.4 is 14.4 Å². The lowest BCUT2D eigenvalue weighted by Crippen LogP contribution is -2.47. The largest absolute Gasteiger partial charge is 0.491 e. The second-order valence-corrected chi connectivity index (χ2v) is 8.71. The zero-order chi connectivity index (χ0) is 20.7. The van der Waals surface area contributed by atoms with E-state index in [1.807, 2.05) is 18.2 Å². The maximum Gasteiger partial charge on any atom is 0.240 e. The molecule has 0 aromatic heterocycles. The molecule has 0 unspecified atom stereocenters. The molecule has 2 aromatic rings. The number of hydrogen-bond donors (Lipinski definition) is 1. The van der Waals surface area contributed by atoms with Crippen molar-refractivity contribution in [1.29, 1.82) is 0 Å². The van der Waals surface area contributed by atoms with Crippen molar-refractivity contribution in [3.8, 4) is 5.75 Å². The Hall–Kier alpha value is -2.16. The van der Waals surface area contributed by atoms with Gasteiger partial charge in [0.25, 0.3) is 0 Å². The zero-order valence-electron chi connectivity index (χ0n) is 16.7. The van der Waals surface area contributed by atoms with Crippen LogP contribution in [0, 0.1) is 5.82 Å². The van der Waals surface area contributed by atoms with Gasteiger partial charge in [0.1, 0.15) is 0 Å². The van der Waals surface area contributed by atoms with Crippen LogP contribution in [-0.2, 0) is 10.0 Å². The number of hydrogen-bond acceptors (Lipinski definition) is 5. The van der Waals surface area contributed by atoms with Crippen LogP contribution in [0.1, 0.15) is 13.3 Å². The van der Waals surface area contributed by atoms with Crippen LogP contribution in [0.15, 0.2) is 53.4 Å². The first-order valence-electron chi connectivity index (χ1n) is 9.94. The summed E-state index contributed by atoms with van der Waals surface area (Å²) in [4.78, 5) is 4.61. The van der Waals surface area contributed by atoms with Gasteiger partial charge in [-0.2, -0.15) is 0 Å². The van der Waals surface area contributed by atoms with Gasteiger partial charge in [-0.25, -0.2) is 17.5 Å². The molecule has 1 heterocycles. The van der Waals surface area contributed by atoms with E-state index in [1.165, 1.54) is 17.8 Å². The molecular formula is C21H28FN3O3S. The number of piperazine rings is 1. The standard InChI is InChI=1S/C21H28FN3O3S/c1-2-28-21-10-9-19(17-20(21)22)29(26,27)23-11-6-12-24-13-15-25(16-14-24)18-7-4-3-5-8-18/h3-5,7-10,17,23H,2,6,11-16H2,1H3. The molecule has 29 heavy (non-hydrogen) atoms. The first kappa shape index (κ1) is 21.5. The predicted molar refractivity (Wildman–Crippen MR) is 112 cm³/mol. The van der Waals surface area contributed by atoms with E-state index in [4.69, 9.17) is 4.74 Å². The number of sulfonamides is 1. The third kappa shape index (κ3) is 5.91. The number of para-hydroxylation sites is 1. The highest BCUT2D eigenvalue weighted by Crippen LogP contribution is 2.21. The topological polar surface area (TPSA) is 61.9 Å². The van der Waals surface area contributed by atoms with Crippen LogP contribution in [0.2, 0.25) is 0 Å². The summed E-state index contributed by atoms with van der Waals surface area (Å²) in [5.41, 5.74) is 1.24. The molecule has 0 amide bonds. The third-order valence-electron chi connectivity index (χ3n) is 4.95. The maximum atomic E-state index is 13.9. The Morgan fingerprint density at radius 2 is 1.79 bits per heavy atom. The molecule has 6 nitrogen and oxygen atoms in total. The molecule has 1 aliphatic rings. The Bertz CT molecular complexity index is 885. The fourth-order valence-corrected chi connectivity index (χ4v) is 4.47. The molecule has 0 bridgehead atoms. The van der Waals surface area contributed by atoms with E-state index in [2.05, 4.69) is 26.7 Å². The number of nitrogens with zero attached hydrogens (tertiary/aromatic N) is 2. The Morgan fingerprint density at radius 1 is 1.07 bits per heavy atom. The van der Waals surface area contributed by atoms with Gasteiger partial charge >= 0.3 is 0 Å². The van der Waals surface area contributed by atoms with Crippen molar-refractivity contribution in [3.63, 3.8) is 0 Å². The number of halogens is 1. The minimum Gasteiger partial charge on any atom is -0.491 e. The Balaban J connectivity index is 1.42. The zero-order valence-corrected chi connectivity index (χ0v) is 17.5. The molecule has 0 atom stereocenters. The molecular weight excluding hydrogens is 393 g/mol. The first-order chi connectivity index (χ1) is 14.0. The average Bonchev–Trinajstić information content (AvgIpc) is 2.74. The second kappa shape index (κ2) is 10.0. The van der Waals surface area contributed by atoms with Crippen LogP contribution >= 0.6 is 0 Å². The predicted octanol–water partition coefficient (Wildman–Crippen LogP) is 2.72. The van der Waals surface area contributed by atoms with E-state index < -0.39 is 15.8 Å². The highest BCUT2D eigenvalue weighted by molar-refractivity contribution is 7.89. The summed E-state index contributed by atoms with van der Waals surface area (Å²) in [5, 5.41) is 0. The monoisotopic (exact) mass is 421 g/mol. The number of ether oxygens (including phenoxy) is 1. The van der Waals surface area contributed by atoms with E-state index in [1.54, 1.807) is 6.92 Å². The molecule has 0 saturated carbocycles. The SMILES string of the molecule is CCOc1ccc(S(=O)(=O)NCCCN2CCN(c3ccccc3)CC2)cc1F. The van der Waals surface area contributed by atoms with Gasteiger partial charge in [0, 0.05) is 38.4 Å². The van der Waals surface area contributed by atoms with Gasteiger partial charge in [-0.15, -0.1) is 0 Å². The molecule has 2 aromatic carbocycles. The molecule has 0 radical (unpaired) electrons. The van der Waals surface area contributed by atoms with Gasteiger partial charge in [-0.05, 0) is 50.2 Å². The molecule has 1 N–H and O–H groups in total.